The molecule has 5 nitrogen and oxygen atoms in total. The normalized spacial score (nSPS) is 15.7. The fourth-order valence-corrected chi connectivity index (χ4v) is 2.86. The van der Waals surface area contributed by atoms with E-state index in [1.54, 1.807) is 16.8 Å². The zero-order valence-corrected chi connectivity index (χ0v) is 13.2. The van der Waals surface area contributed by atoms with E-state index in [1.807, 2.05) is 19.1 Å². The third-order valence-corrected chi connectivity index (χ3v) is 4.24. The fraction of sp³-hybridized carbons (Fsp3) is 0.438. The summed E-state index contributed by atoms with van der Waals surface area (Å²) < 4.78 is 7.17. The number of nitrogens with zero attached hydrogens (tertiary/aromatic N) is 3. The summed E-state index contributed by atoms with van der Waals surface area (Å²) in [5.41, 5.74) is 1.76. The predicted octanol–water partition coefficient (Wildman–Crippen LogP) is 3.72. The lowest BCUT2D eigenvalue weighted by molar-refractivity contribution is 0.0203. The molecule has 116 valence electrons. The largest absolute Gasteiger partial charge is 0.458 e. The lowest BCUT2D eigenvalue weighted by Crippen LogP contribution is -2.21. The molecular formula is C16H18ClN3O2. The zero-order chi connectivity index (χ0) is 15.5. The molecule has 1 aromatic carbocycles. The van der Waals surface area contributed by atoms with Crippen molar-refractivity contribution >= 4 is 17.6 Å². The van der Waals surface area contributed by atoms with Gasteiger partial charge in [-0.05, 0) is 56.9 Å². The summed E-state index contributed by atoms with van der Waals surface area (Å²) in [6, 6.07) is 7.22. The number of hydrogen-bond donors (Lipinski definition) is 0. The van der Waals surface area contributed by atoms with Crippen LogP contribution in [-0.2, 0) is 4.74 Å². The Balaban J connectivity index is 1.77. The summed E-state index contributed by atoms with van der Waals surface area (Å²) >= 11 is 5.88. The maximum absolute atomic E-state index is 12.3. The van der Waals surface area contributed by atoms with Crippen LogP contribution in [0, 0.1) is 6.92 Å². The maximum atomic E-state index is 12.3. The van der Waals surface area contributed by atoms with Crippen molar-refractivity contribution in [2.24, 2.45) is 0 Å². The van der Waals surface area contributed by atoms with Gasteiger partial charge in [0.2, 0.25) is 0 Å². The molecule has 0 atom stereocenters. The standard InChI is InChI=1S/C16H18ClN3O2/c1-11-15(16(21)22-14-5-3-2-4-6-14)18-19-20(11)13-9-7-12(17)8-10-13/h7-10,14H,2-6H2,1H3. The number of carbonyl (C=O) groups is 1. The van der Waals surface area contributed by atoms with Gasteiger partial charge in [-0.1, -0.05) is 23.2 Å². The van der Waals surface area contributed by atoms with E-state index in [-0.39, 0.29) is 17.8 Å². The molecule has 1 aliphatic rings. The maximum Gasteiger partial charge on any atom is 0.361 e. The second-order valence-electron chi connectivity index (χ2n) is 5.58. The van der Waals surface area contributed by atoms with Crippen molar-refractivity contribution in [1.82, 2.24) is 15.0 Å². The summed E-state index contributed by atoms with van der Waals surface area (Å²) in [4.78, 5) is 12.3. The van der Waals surface area contributed by atoms with Crippen molar-refractivity contribution in [2.45, 2.75) is 45.1 Å². The van der Waals surface area contributed by atoms with E-state index in [1.165, 1.54) is 6.42 Å². The number of esters is 1. The van der Waals surface area contributed by atoms with Gasteiger partial charge in [-0.2, -0.15) is 0 Å². The Morgan fingerprint density at radius 1 is 1.23 bits per heavy atom. The first-order valence-electron chi connectivity index (χ1n) is 7.54. The second-order valence-corrected chi connectivity index (χ2v) is 6.01. The van der Waals surface area contributed by atoms with E-state index in [0.717, 1.165) is 31.4 Å². The van der Waals surface area contributed by atoms with Gasteiger partial charge < -0.3 is 4.74 Å². The Labute approximate surface area is 134 Å². The van der Waals surface area contributed by atoms with Gasteiger partial charge in [0, 0.05) is 5.02 Å². The number of benzene rings is 1. The van der Waals surface area contributed by atoms with Crippen molar-refractivity contribution in [2.75, 3.05) is 0 Å². The molecule has 1 saturated carbocycles. The zero-order valence-electron chi connectivity index (χ0n) is 12.5. The number of aromatic nitrogens is 3. The molecule has 0 unspecified atom stereocenters. The average molecular weight is 320 g/mol. The highest BCUT2D eigenvalue weighted by Crippen LogP contribution is 2.22. The fourth-order valence-electron chi connectivity index (χ4n) is 2.74. The summed E-state index contributed by atoms with van der Waals surface area (Å²) in [5, 5.41) is 8.69. The van der Waals surface area contributed by atoms with Crippen LogP contribution >= 0.6 is 11.6 Å². The van der Waals surface area contributed by atoms with Crippen LogP contribution in [0.15, 0.2) is 24.3 Å². The Hall–Kier alpha value is -1.88. The highest BCUT2D eigenvalue weighted by Gasteiger charge is 2.23. The van der Waals surface area contributed by atoms with Crippen LogP contribution < -0.4 is 0 Å². The Kier molecular flexibility index (Phi) is 4.43. The number of hydrogen-bond acceptors (Lipinski definition) is 4. The molecule has 6 heteroatoms. The molecule has 0 bridgehead atoms. The molecule has 0 spiro atoms. The van der Waals surface area contributed by atoms with Crippen LogP contribution in [0.4, 0.5) is 0 Å². The van der Waals surface area contributed by atoms with Crippen LogP contribution in [0.2, 0.25) is 5.02 Å². The van der Waals surface area contributed by atoms with Crippen molar-refractivity contribution in [3.8, 4) is 5.69 Å². The minimum Gasteiger partial charge on any atom is -0.458 e. The third kappa shape index (κ3) is 3.14. The summed E-state index contributed by atoms with van der Waals surface area (Å²) in [7, 11) is 0. The molecule has 0 amide bonds. The summed E-state index contributed by atoms with van der Waals surface area (Å²) in [6.07, 6.45) is 5.36. The van der Waals surface area contributed by atoms with Gasteiger partial charge >= 0.3 is 5.97 Å². The van der Waals surface area contributed by atoms with Gasteiger partial charge in [-0.3, -0.25) is 0 Å². The minimum atomic E-state index is -0.385. The quantitative estimate of drug-likeness (QED) is 0.809. The third-order valence-electron chi connectivity index (χ3n) is 3.99. The topological polar surface area (TPSA) is 57.0 Å². The molecule has 1 heterocycles. The molecule has 1 fully saturated rings. The highest BCUT2D eigenvalue weighted by molar-refractivity contribution is 6.30. The van der Waals surface area contributed by atoms with Gasteiger partial charge in [0.1, 0.15) is 6.10 Å². The molecule has 0 saturated heterocycles. The van der Waals surface area contributed by atoms with Crippen molar-refractivity contribution in [3.05, 3.63) is 40.7 Å². The van der Waals surface area contributed by atoms with Gasteiger partial charge in [0.15, 0.2) is 5.69 Å². The molecule has 0 aliphatic heterocycles. The van der Waals surface area contributed by atoms with Gasteiger partial charge in [0.05, 0.1) is 11.4 Å². The Morgan fingerprint density at radius 2 is 1.91 bits per heavy atom. The van der Waals surface area contributed by atoms with Gasteiger partial charge in [-0.25, -0.2) is 9.48 Å². The molecule has 0 N–H and O–H groups in total. The Bertz CT molecular complexity index is 661. The van der Waals surface area contributed by atoms with Gasteiger partial charge in [-0.15, -0.1) is 5.10 Å². The molecule has 3 rings (SSSR count). The smallest absolute Gasteiger partial charge is 0.361 e. The SMILES string of the molecule is Cc1c(C(=O)OC2CCCCC2)nnn1-c1ccc(Cl)cc1. The molecule has 2 aromatic rings. The van der Waals surface area contributed by atoms with Crippen LogP contribution in [0.3, 0.4) is 0 Å². The van der Waals surface area contributed by atoms with E-state index in [2.05, 4.69) is 10.3 Å². The first-order valence-corrected chi connectivity index (χ1v) is 7.92. The highest BCUT2D eigenvalue weighted by atomic mass is 35.5. The lowest BCUT2D eigenvalue weighted by Gasteiger charge is -2.21. The molecule has 22 heavy (non-hydrogen) atoms. The van der Waals surface area contributed by atoms with Crippen molar-refractivity contribution in [3.63, 3.8) is 0 Å². The van der Waals surface area contributed by atoms with Crippen LogP contribution in [0.1, 0.15) is 48.3 Å². The summed E-state index contributed by atoms with van der Waals surface area (Å²) in [5.74, 6) is -0.385. The number of halogens is 1. The monoisotopic (exact) mass is 319 g/mol. The number of rotatable bonds is 3. The molecular weight excluding hydrogens is 302 g/mol. The minimum absolute atomic E-state index is 0.0151. The second kappa shape index (κ2) is 6.48. The van der Waals surface area contributed by atoms with E-state index in [4.69, 9.17) is 16.3 Å². The van der Waals surface area contributed by atoms with Crippen LogP contribution in [0.25, 0.3) is 5.69 Å². The predicted molar refractivity (Wildman–Crippen MR) is 83.4 cm³/mol. The summed E-state index contributed by atoms with van der Waals surface area (Å²) in [6.45, 7) is 1.81. The van der Waals surface area contributed by atoms with Crippen LogP contribution in [-0.4, -0.2) is 27.1 Å². The van der Waals surface area contributed by atoms with E-state index >= 15 is 0 Å². The molecule has 0 radical (unpaired) electrons. The first kappa shape index (κ1) is 15.0. The molecule has 1 aliphatic carbocycles. The van der Waals surface area contributed by atoms with E-state index < -0.39 is 0 Å². The van der Waals surface area contributed by atoms with E-state index in [0.29, 0.717) is 10.7 Å². The van der Waals surface area contributed by atoms with Crippen molar-refractivity contribution in [1.29, 1.82) is 0 Å². The lowest BCUT2D eigenvalue weighted by atomic mass is 9.98. The number of carbonyl (C=O) groups excluding carboxylic acids is 1. The number of ether oxygens (including phenoxy) is 1. The van der Waals surface area contributed by atoms with E-state index in [9.17, 15) is 4.79 Å². The van der Waals surface area contributed by atoms with Crippen molar-refractivity contribution < 1.29 is 9.53 Å². The average Bonchev–Trinajstić information content (AvgIpc) is 2.91. The first-order chi connectivity index (χ1) is 10.6. The van der Waals surface area contributed by atoms with Crippen LogP contribution in [0.5, 0.6) is 0 Å². The van der Waals surface area contributed by atoms with Gasteiger partial charge in [0.25, 0.3) is 0 Å². The Morgan fingerprint density at radius 3 is 2.59 bits per heavy atom. The molecule has 1 aromatic heterocycles.